The van der Waals surface area contributed by atoms with Gasteiger partial charge < -0.3 is 15.0 Å². The summed E-state index contributed by atoms with van der Waals surface area (Å²) in [7, 11) is 1.66. The molecule has 0 bridgehead atoms. The number of carbonyl (C=O) groups excluding carboxylic acids is 1. The van der Waals surface area contributed by atoms with Gasteiger partial charge in [0.05, 0.1) is 18.3 Å². The Balaban J connectivity index is 1.21. The minimum atomic E-state index is -1.39. The normalized spacial score (nSPS) is 13.5. The third kappa shape index (κ3) is 5.65. The van der Waals surface area contributed by atoms with E-state index in [4.69, 9.17) is 14.7 Å². The second-order valence-electron chi connectivity index (χ2n) is 10.7. The van der Waals surface area contributed by atoms with Gasteiger partial charge in [0.2, 0.25) is 0 Å². The molecule has 0 radical (unpaired) electrons. The summed E-state index contributed by atoms with van der Waals surface area (Å²) in [6.45, 7) is 5.66. The summed E-state index contributed by atoms with van der Waals surface area (Å²) in [4.78, 5) is 28.8. The second kappa shape index (κ2) is 11.2. The van der Waals surface area contributed by atoms with Crippen molar-refractivity contribution >= 4 is 28.3 Å². The van der Waals surface area contributed by atoms with Crippen LogP contribution in [0.3, 0.4) is 0 Å². The van der Waals surface area contributed by atoms with Crippen LogP contribution in [0.4, 0.5) is 15.9 Å². The van der Waals surface area contributed by atoms with E-state index in [0.29, 0.717) is 29.8 Å². The number of benzene rings is 2. The number of methoxy groups -OCH3 is 1. The second-order valence-corrected chi connectivity index (χ2v) is 10.7. The van der Waals surface area contributed by atoms with Crippen molar-refractivity contribution in [3.8, 4) is 16.9 Å². The van der Waals surface area contributed by atoms with Crippen molar-refractivity contribution in [1.82, 2.24) is 15.0 Å². The molecule has 0 spiro atoms. The zero-order valence-corrected chi connectivity index (χ0v) is 23.9. The molecule has 212 valence electrons. The average Bonchev–Trinajstić information content (AvgIpc) is 3.79. The van der Waals surface area contributed by atoms with Gasteiger partial charge in [-0.3, -0.25) is 14.8 Å². The zero-order chi connectivity index (χ0) is 29.3. The molecule has 6 rings (SSSR count). The summed E-state index contributed by atoms with van der Waals surface area (Å²) in [5, 5.41) is 3.88. The van der Waals surface area contributed by atoms with Gasteiger partial charge in [-0.15, -0.1) is 0 Å². The Morgan fingerprint density at radius 1 is 1.00 bits per heavy atom. The molecule has 8 heteroatoms. The fourth-order valence-electron chi connectivity index (χ4n) is 5.03. The van der Waals surface area contributed by atoms with Gasteiger partial charge >= 0.3 is 0 Å². The first-order valence-corrected chi connectivity index (χ1v) is 14.1. The summed E-state index contributed by atoms with van der Waals surface area (Å²) < 4.78 is 19.8. The number of hydrogen-bond acceptors (Lipinski definition) is 6. The molecule has 0 saturated heterocycles. The number of anilines is 2. The number of hydrogen-bond donors (Lipinski definition) is 1. The summed E-state index contributed by atoms with van der Waals surface area (Å²) in [6.07, 6.45) is 6.10. The van der Waals surface area contributed by atoms with Crippen LogP contribution in [0.2, 0.25) is 0 Å². The van der Waals surface area contributed by atoms with E-state index in [9.17, 15) is 9.18 Å². The lowest BCUT2D eigenvalue weighted by Crippen LogP contribution is -2.23. The summed E-state index contributed by atoms with van der Waals surface area (Å²) >= 11 is 0. The zero-order valence-electron chi connectivity index (χ0n) is 23.9. The lowest BCUT2D eigenvalue weighted by Gasteiger charge is -2.22. The molecule has 1 aliphatic rings. The lowest BCUT2D eigenvalue weighted by atomic mass is 10.00. The third-order valence-corrected chi connectivity index (χ3v) is 7.77. The van der Waals surface area contributed by atoms with Crippen molar-refractivity contribution in [2.45, 2.75) is 38.9 Å². The SMILES string of the molecule is CCN(Cc1ccc(OC)cc1)c1cc2ncc(-c3cc(NC(=O)c4ccnc(C5(F)CC5)c4)ccc3C)cc2cn1. The van der Waals surface area contributed by atoms with E-state index in [2.05, 4.69) is 40.3 Å². The Morgan fingerprint density at radius 3 is 2.55 bits per heavy atom. The molecule has 42 heavy (non-hydrogen) atoms. The molecule has 3 heterocycles. The van der Waals surface area contributed by atoms with Gasteiger partial charge in [0, 0.05) is 59.9 Å². The minimum Gasteiger partial charge on any atom is -0.497 e. The number of nitrogens with zero attached hydrogens (tertiary/aromatic N) is 4. The molecule has 2 aromatic carbocycles. The highest BCUT2D eigenvalue weighted by Gasteiger charge is 2.46. The highest BCUT2D eigenvalue weighted by atomic mass is 19.1. The Kier molecular flexibility index (Phi) is 7.29. The molecule has 1 N–H and O–H groups in total. The van der Waals surface area contributed by atoms with Gasteiger partial charge in [0.1, 0.15) is 11.6 Å². The van der Waals surface area contributed by atoms with Crippen molar-refractivity contribution < 1.29 is 13.9 Å². The van der Waals surface area contributed by atoms with Crippen LogP contribution in [-0.4, -0.2) is 34.5 Å². The van der Waals surface area contributed by atoms with Crippen LogP contribution in [0.1, 0.15) is 46.9 Å². The van der Waals surface area contributed by atoms with Crippen molar-refractivity contribution in [2.24, 2.45) is 0 Å². The van der Waals surface area contributed by atoms with E-state index in [-0.39, 0.29) is 5.91 Å². The maximum Gasteiger partial charge on any atom is 0.255 e. The Bertz CT molecular complexity index is 1770. The van der Waals surface area contributed by atoms with Crippen LogP contribution < -0.4 is 15.0 Å². The van der Waals surface area contributed by atoms with Crippen LogP contribution in [-0.2, 0) is 12.2 Å². The largest absolute Gasteiger partial charge is 0.497 e. The number of aryl methyl sites for hydroxylation is 1. The fraction of sp³-hybridized carbons (Fsp3) is 0.235. The molecule has 7 nitrogen and oxygen atoms in total. The van der Waals surface area contributed by atoms with Gasteiger partial charge in [-0.25, -0.2) is 9.37 Å². The van der Waals surface area contributed by atoms with E-state index in [1.165, 1.54) is 11.8 Å². The molecule has 3 aromatic heterocycles. The van der Waals surface area contributed by atoms with Crippen molar-refractivity contribution in [2.75, 3.05) is 23.9 Å². The molecule has 5 aromatic rings. The number of halogens is 1. The Hall–Kier alpha value is -4.85. The maximum atomic E-state index is 14.5. The van der Waals surface area contributed by atoms with E-state index in [0.717, 1.165) is 52.3 Å². The number of amides is 1. The highest BCUT2D eigenvalue weighted by Crippen LogP contribution is 2.48. The first kappa shape index (κ1) is 27.3. The lowest BCUT2D eigenvalue weighted by molar-refractivity contribution is 0.102. The molecule has 1 amide bonds. The number of alkyl halides is 1. The number of nitrogens with one attached hydrogen (secondary N) is 1. The molecule has 0 atom stereocenters. The summed E-state index contributed by atoms with van der Waals surface area (Å²) in [5.74, 6) is 1.39. The van der Waals surface area contributed by atoms with E-state index >= 15 is 0 Å². The first-order valence-electron chi connectivity index (χ1n) is 14.1. The van der Waals surface area contributed by atoms with Crippen LogP contribution in [0.25, 0.3) is 22.0 Å². The Labute approximate surface area is 244 Å². The fourth-order valence-corrected chi connectivity index (χ4v) is 5.03. The number of aromatic nitrogens is 3. The smallest absolute Gasteiger partial charge is 0.255 e. The molecule has 1 fully saturated rings. The van der Waals surface area contributed by atoms with Crippen molar-refractivity contribution in [3.63, 3.8) is 0 Å². The van der Waals surface area contributed by atoms with Gasteiger partial charge in [-0.05, 0) is 85.8 Å². The molecule has 1 saturated carbocycles. The van der Waals surface area contributed by atoms with Crippen LogP contribution in [0.15, 0.2) is 85.3 Å². The van der Waals surface area contributed by atoms with Crippen LogP contribution in [0.5, 0.6) is 5.75 Å². The molecule has 0 unspecified atom stereocenters. The predicted molar refractivity (Wildman–Crippen MR) is 164 cm³/mol. The van der Waals surface area contributed by atoms with E-state index in [1.54, 1.807) is 19.2 Å². The van der Waals surface area contributed by atoms with Crippen LogP contribution >= 0.6 is 0 Å². The highest BCUT2D eigenvalue weighted by molar-refractivity contribution is 6.04. The number of rotatable bonds is 9. The quantitative estimate of drug-likeness (QED) is 0.204. The van der Waals surface area contributed by atoms with Crippen LogP contribution in [0, 0.1) is 6.92 Å². The standard InChI is InChI=1S/C34H32FN5O2/c1-4-40(21-23-6-9-28(42-3)10-7-23)32-18-30-26(20-38-32)15-25(19-37-30)29-17-27(8-5-22(29)2)39-33(41)24-11-14-36-31(16-24)34(35)12-13-34/h5-11,14-20H,4,12-13,21H2,1-3H3,(H,39,41). The molecule has 1 aliphatic carbocycles. The number of pyridine rings is 3. The predicted octanol–water partition coefficient (Wildman–Crippen LogP) is 7.25. The van der Waals surface area contributed by atoms with E-state index in [1.807, 2.05) is 55.7 Å². The molecule has 0 aliphatic heterocycles. The van der Waals surface area contributed by atoms with Gasteiger partial charge in [-0.2, -0.15) is 0 Å². The summed E-state index contributed by atoms with van der Waals surface area (Å²) in [6, 6.07) is 21.0. The number of fused-ring (bicyclic) bond motifs is 1. The van der Waals surface area contributed by atoms with Crippen molar-refractivity contribution in [3.05, 3.63) is 108 Å². The van der Waals surface area contributed by atoms with Gasteiger partial charge in [-0.1, -0.05) is 18.2 Å². The number of ether oxygens (including phenoxy) is 1. The maximum absolute atomic E-state index is 14.5. The summed E-state index contributed by atoms with van der Waals surface area (Å²) in [5.41, 5.74) is 4.92. The minimum absolute atomic E-state index is 0.304. The first-order chi connectivity index (χ1) is 20.3. The van der Waals surface area contributed by atoms with Gasteiger partial charge in [0.15, 0.2) is 5.67 Å². The monoisotopic (exact) mass is 561 g/mol. The topological polar surface area (TPSA) is 80.2 Å². The van der Waals surface area contributed by atoms with Gasteiger partial charge in [0.25, 0.3) is 5.91 Å². The van der Waals surface area contributed by atoms with E-state index < -0.39 is 5.67 Å². The molecular formula is C34H32FN5O2. The Morgan fingerprint density at radius 2 is 1.81 bits per heavy atom. The average molecular weight is 562 g/mol. The van der Waals surface area contributed by atoms with Crippen molar-refractivity contribution in [1.29, 1.82) is 0 Å². The number of carbonyl (C=O) groups is 1. The molecular weight excluding hydrogens is 529 g/mol. The third-order valence-electron chi connectivity index (χ3n) is 7.77.